The molecule has 0 aromatic carbocycles. The van der Waals surface area contributed by atoms with Crippen LogP contribution >= 0.6 is 0 Å². The molecule has 3 heteroatoms. The zero-order valence-electron chi connectivity index (χ0n) is 6.43. The summed E-state index contributed by atoms with van der Waals surface area (Å²) in [5.41, 5.74) is 0. The summed E-state index contributed by atoms with van der Waals surface area (Å²) in [6, 6.07) is 0. The van der Waals surface area contributed by atoms with Crippen LogP contribution in [-0.2, 0) is 9.47 Å². The lowest BCUT2D eigenvalue weighted by Gasteiger charge is -2.22. The van der Waals surface area contributed by atoms with E-state index in [1.807, 2.05) is 0 Å². The molecule has 0 bridgehead atoms. The molecule has 0 saturated carbocycles. The SMILES string of the molecule is CCNCC1COCCO1.[HH]. The van der Waals surface area contributed by atoms with Crippen LogP contribution < -0.4 is 5.32 Å². The molecule has 0 radical (unpaired) electrons. The number of hydrogen-bond acceptors (Lipinski definition) is 3. The maximum Gasteiger partial charge on any atom is 0.0933 e. The van der Waals surface area contributed by atoms with Gasteiger partial charge >= 0.3 is 0 Å². The highest BCUT2D eigenvalue weighted by atomic mass is 16.6. The first kappa shape index (κ1) is 7.98. The van der Waals surface area contributed by atoms with Gasteiger partial charge < -0.3 is 14.8 Å². The Balaban J connectivity index is 0.000001000. The topological polar surface area (TPSA) is 30.5 Å². The first-order valence-corrected chi connectivity index (χ1v) is 3.83. The molecule has 0 aliphatic carbocycles. The third-order valence-corrected chi connectivity index (χ3v) is 1.51. The molecule has 1 rings (SSSR count). The molecule has 0 aromatic heterocycles. The van der Waals surface area contributed by atoms with E-state index in [1.165, 1.54) is 0 Å². The second-order valence-corrected chi connectivity index (χ2v) is 2.38. The highest BCUT2D eigenvalue weighted by molar-refractivity contribution is 4.62. The van der Waals surface area contributed by atoms with Gasteiger partial charge in [-0.05, 0) is 6.54 Å². The summed E-state index contributed by atoms with van der Waals surface area (Å²) in [5, 5.41) is 3.21. The van der Waals surface area contributed by atoms with Gasteiger partial charge in [-0.3, -0.25) is 0 Å². The molecular formula is C7H17NO2. The van der Waals surface area contributed by atoms with Crippen LogP contribution in [0.1, 0.15) is 8.35 Å². The van der Waals surface area contributed by atoms with Crippen molar-refractivity contribution >= 4 is 0 Å². The maximum absolute atomic E-state index is 5.39. The maximum atomic E-state index is 5.39. The fourth-order valence-electron chi connectivity index (χ4n) is 0.960. The van der Waals surface area contributed by atoms with Gasteiger partial charge in [0.1, 0.15) is 0 Å². The number of rotatable bonds is 3. The Morgan fingerprint density at radius 3 is 3.10 bits per heavy atom. The van der Waals surface area contributed by atoms with E-state index in [1.54, 1.807) is 0 Å². The Morgan fingerprint density at radius 1 is 1.60 bits per heavy atom. The number of ether oxygens (including phenoxy) is 2. The highest BCUT2D eigenvalue weighted by Crippen LogP contribution is 1.98. The summed E-state index contributed by atoms with van der Waals surface area (Å²) >= 11 is 0. The lowest BCUT2D eigenvalue weighted by atomic mass is 10.3. The minimum absolute atomic E-state index is 0. The van der Waals surface area contributed by atoms with Gasteiger partial charge in [0.25, 0.3) is 0 Å². The number of likely N-dealkylation sites (N-methyl/N-ethyl adjacent to an activating group) is 1. The van der Waals surface area contributed by atoms with Crippen molar-refractivity contribution < 1.29 is 10.9 Å². The fourth-order valence-corrected chi connectivity index (χ4v) is 0.960. The van der Waals surface area contributed by atoms with E-state index in [4.69, 9.17) is 9.47 Å². The van der Waals surface area contributed by atoms with E-state index in [-0.39, 0.29) is 7.53 Å². The molecule has 0 aromatic rings. The van der Waals surface area contributed by atoms with E-state index < -0.39 is 0 Å². The Hall–Kier alpha value is -0.120. The van der Waals surface area contributed by atoms with Gasteiger partial charge in [0.15, 0.2) is 0 Å². The van der Waals surface area contributed by atoms with Crippen LogP contribution in [-0.4, -0.2) is 39.0 Å². The summed E-state index contributed by atoms with van der Waals surface area (Å²) in [6.07, 6.45) is 0.272. The quantitative estimate of drug-likeness (QED) is 0.621. The molecule has 1 saturated heterocycles. The monoisotopic (exact) mass is 147 g/mol. The molecule has 0 amide bonds. The van der Waals surface area contributed by atoms with E-state index in [0.29, 0.717) is 0 Å². The van der Waals surface area contributed by atoms with Crippen molar-refractivity contribution in [3.63, 3.8) is 0 Å². The van der Waals surface area contributed by atoms with Gasteiger partial charge in [-0.1, -0.05) is 6.92 Å². The third kappa shape index (κ3) is 2.64. The summed E-state index contributed by atoms with van der Waals surface area (Å²) in [4.78, 5) is 0. The molecule has 1 aliphatic rings. The largest absolute Gasteiger partial charge is 0.376 e. The molecule has 1 atom stereocenters. The minimum Gasteiger partial charge on any atom is -0.376 e. The van der Waals surface area contributed by atoms with Gasteiger partial charge in [0.2, 0.25) is 0 Å². The molecule has 1 unspecified atom stereocenters. The lowest BCUT2D eigenvalue weighted by molar-refractivity contribution is -0.0861. The van der Waals surface area contributed by atoms with Crippen molar-refractivity contribution in [2.45, 2.75) is 13.0 Å². The predicted octanol–water partition coefficient (Wildman–Crippen LogP) is 0.257. The summed E-state index contributed by atoms with van der Waals surface area (Å²) < 4.78 is 10.6. The van der Waals surface area contributed by atoms with Crippen molar-refractivity contribution in [3.8, 4) is 0 Å². The lowest BCUT2D eigenvalue weighted by Crippen LogP contribution is -2.37. The Morgan fingerprint density at radius 2 is 2.50 bits per heavy atom. The average molecular weight is 147 g/mol. The average Bonchev–Trinajstić information content (AvgIpc) is 2.03. The van der Waals surface area contributed by atoms with E-state index >= 15 is 0 Å². The molecule has 3 nitrogen and oxygen atoms in total. The molecule has 1 N–H and O–H groups in total. The second-order valence-electron chi connectivity index (χ2n) is 2.38. The van der Waals surface area contributed by atoms with Crippen LogP contribution in [0.5, 0.6) is 0 Å². The molecule has 10 heavy (non-hydrogen) atoms. The van der Waals surface area contributed by atoms with Crippen LogP contribution in [0.3, 0.4) is 0 Å². The first-order chi connectivity index (χ1) is 4.93. The third-order valence-electron chi connectivity index (χ3n) is 1.51. The summed E-state index contributed by atoms with van der Waals surface area (Å²) in [6.45, 7) is 6.24. The van der Waals surface area contributed by atoms with Gasteiger partial charge in [-0.15, -0.1) is 0 Å². The van der Waals surface area contributed by atoms with Crippen LogP contribution in [0.15, 0.2) is 0 Å². The van der Waals surface area contributed by atoms with Crippen molar-refractivity contribution in [3.05, 3.63) is 0 Å². The zero-order valence-corrected chi connectivity index (χ0v) is 6.43. The van der Waals surface area contributed by atoms with Crippen LogP contribution in [0.2, 0.25) is 0 Å². The van der Waals surface area contributed by atoms with Crippen molar-refractivity contribution in [2.75, 3.05) is 32.9 Å². The van der Waals surface area contributed by atoms with E-state index in [2.05, 4.69) is 12.2 Å². The smallest absolute Gasteiger partial charge is 0.0933 e. The summed E-state index contributed by atoms with van der Waals surface area (Å²) in [5.74, 6) is 0. The normalized spacial score (nSPS) is 26.7. The zero-order chi connectivity index (χ0) is 7.23. The Labute approximate surface area is 63.2 Å². The molecule has 0 spiro atoms. The van der Waals surface area contributed by atoms with Gasteiger partial charge in [-0.25, -0.2) is 0 Å². The highest BCUT2D eigenvalue weighted by Gasteiger charge is 2.12. The first-order valence-electron chi connectivity index (χ1n) is 3.83. The molecule has 62 valence electrons. The Bertz CT molecular complexity index is 86.5. The molecule has 1 heterocycles. The number of hydrogen-bond donors (Lipinski definition) is 1. The van der Waals surface area contributed by atoms with Crippen LogP contribution in [0.4, 0.5) is 0 Å². The van der Waals surface area contributed by atoms with E-state index in [0.717, 1.165) is 32.9 Å². The number of nitrogens with one attached hydrogen (secondary N) is 1. The van der Waals surface area contributed by atoms with Gasteiger partial charge in [0.05, 0.1) is 25.9 Å². The van der Waals surface area contributed by atoms with Crippen LogP contribution in [0.25, 0.3) is 0 Å². The molecule has 1 aliphatic heterocycles. The fraction of sp³-hybridized carbons (Fsp3) is 1.00. The standard InChI is InChI=1S/C7H15NO2.H2/c1-2-8-5-7-6-9-3-4-10-7;/h7-8H,2-6H2,1H3;1H. The summed E-state index contributed by atoms with van der Waals surface area (Å²) in [7, 11) is 0. The van der Waals surface area contributed by atoms with Crippen molar-refractivity contribution in [1.82, 2.24) is 5.32 Å². The second kappa shape index (κ2) is 4.66. The predicted molar refractivity (Wildman–Crippen MR) is 41.2 cm³/mol. The Kier molecular flexibility index (Phi) is 3.72. The van der Waals surface area contributed by atoms with Gasteiger partial charge in [-0.2, -0.15) is 0 Å². The molecular weight excluding hydrogens is 130 g/mol. The van der Waals surface area contributed by atoms with Crippen molar-refractivity contribution in [1.29, 1.82) is 0 Å². The minimum atomic E-state index is 0. The van der Waals surface area contributed by atoms with Crippen LogP contribution in [0, 0.1) is 0 Å². The van der Waals surface area contributed by atoms with E-state index in [9.17, 15) is 0 Å². The van der Waals surface area contributed by atoms with Crippen molar-refractivity contribution in [2.24, 2.45) is 0 Å². The van der Waals surface area contributed by atoms with Gasteiger partial charge in [0, 0.05) is 7.97 Å². The molecule has 1 fully saturated rings.